The van der Waals surface area contributed by atoms with Crippen molar-refractivity contribution >= 4 is 11.6 Å². The number of rotatable bonds is 7. The molecule has 0 saturated heterocycles. The Labute approximate surface area is 109 Å². The van der Waals surface area contributed by atoms with E-state index in [2.05, 4.69) is 10.2 Å². The Balaban J connectivity index is 2.46. The summed E-state index contributed by atoms with van der Waals surface area (Å²) in [5, 5.41) is 11.7. The van der Waals surface area contributed by atoms with Crippen LogP contribution in [0.4, 0.5) is 5.69 Å². The summed E-state index contributed by atoms with van der Waals surface area (Å²) in [6, 6.07) is 9.72. The fourth-order valence-electron chi connectivity index (χ4n) is 1.70. The van der Waals surface area contributed by atoms with E-state index in [1.807, 2.05) is 44.2 Å². The van der Waals surface area contributed by atoms with Crippen LogP contribution >= 0.6 is 0 Å². The SMILES string of the molecule is CC(C)N(CCCO)CC(=O)Nc1ccccc1. The second kappa shape index (κ2) is 7.84. The van der Waals surface area contributed by atoms with Crippen molar-refractivity contribution in [3.05, 3.63) is 30.3 Å². The zero-order chi connectivity index (χ0) is 13.4. The van der Waals surface area contributed by atoms with Crippen molar-refractivity contribution in [1.82, 2.24) is 4.90 Å². The van der Waals surface area contributed by atoms with Crippen LogP contribution in [0.25, 0.3) is 0 Å². The fraction of sp³-hybridized carbons (Fsp3) is 0.500. The average molecular weight is 250 g/mol. The first kappa shape index (κ1) is 14.7. The molecule has 0 atom stereocenters. The monoisotopic (exact) mass is 250 g/mol. The third-order valence-electron chi connectivity index (χ3n) is 2.74. The summed E-state index contributed by atoms with van der Waals surface area (Å²) in [7, 11) is 0. The van der Waals surface area contributed by atoms with Gasteiger partial charge in [-0.15, -0.1) is 0 Å². The van der Waals surface area contributed by atoms with Gasteiger partial charge in [-0.3, -0.25) is 9.69 Å². The van der Waals surface area contributed by atoms with Gasteiger partial charge in [0.2, 0.25) is 5.91 Å². The van der Waals surface area contributed by atoms with Gasteiger partial charge in [-0.1, -0.05) is 18.2 Å². The second-order valence-corrected chi connectivity index (χ2v) is 4.56. The lowest BCUT2D eigenvalue weighted by Gasteiger charge is -2.25. The van der Waals surface area contributed by atoms with Gasteiger partial charge in [-0.25, -0.2) is 0 Å². The maximum atomic E-state index is 11.9. The lowest BCUT2D eigenvalue weighted by atomic mass is 10.2. The average Bonchev–Trinajstić information content (AvgIpc) is 2.35. The standard InChI is InChI=1S/C14H22N2O2/c1-12(2)16(9-6-10-17)11-14(18)15-13-7-4-3-5-8-13/h3-5,7-8,12,17H,6,9-11H2,1-2H3,(H,15,18). The molecule has 1 amide bonds. The van der Waals surface area contributed by atoms with Crippen LogP contribution in [-0.4, -0.2) is 41.7 Å². The smallest absolute Gasteiger partial charge is 0.238 e. The molecule has 0 spiro atoms. The van der Waals surface area contributed by atoms with Crippen molar-refractivity contribution in [3.63, 3.8) is 0 Å². The molecule has 0 heterocycles. The molecule has 0 aromatic heterocycles. The minimum atomic E-state index is -0.0205. The molecule has 1 rings (SSSR count). The quantitative estimate of drug-likeness (QED) is 0.774. The van der Waals surface area contributed by atoms with Gasteiger partial charge in [-0.2, -0.15) is 0 Å². The highest BCUT2D eigenvalue weighted by Gasteiger charge is 2.13. The van der Waals surface area contributed by atoms with Crippen molar-refractivity contribution < 1.29 is 9.90 Å². The van der Waals surface area contributed by atoms with Crippen molar-refractivity contribution in [2.45, 2.75) is 26.3 Å². The summed E-state index contributed by atoms with van der Waals surface area (Å²) in [4.78, 5) is 13.9. The number of aliphatic hydroxyl groups excluding tert-OH is 1. The van der Waals surface area contributed by atoms with E-state index in [1.165, 1.54) is 0 Å². The number of carbonyl (C=O) groups is 1. The normalized spacial score (nSPS) is 10.9. The molecule has 0 aliphatic rings. The third-order valence-corrected chi connectivity index (χ3v) is 2.74. The number of aliphatic hydroxyl groups is 1. The van der Waals surface area contributed by atoms with Crippen LogP contribution in [0.5, 0.6) is 0 Å². The Hall–Kier alpha value is -1.39. The number of nitrogens with zero attached hydrogens (tertiary/aromatic N) is 1. The van der Waals surface area contributed by atoms with Crippen LogP contribution in [0.3, 0.4) is 0 Å². The number of amides is 1. The van der Waals surface area contributed by atoms with Crippen LogP contribution < -0.4 is 5.32 Å². The van der Waals surface area contributed by atoms with E-state index in [0.29, 0.717) is 13.0 Å². The van der Waals surface area contributed by atoms with E-state index in [-0.39, 0.29) is 18.6 Å². The predicted molar refractivity (Wildman–Crippen MR) is 73.5 cm³/mol. The highest BCUT2D eigenvalue weighted by molar-refractivity contribution is 5.92. The van der Waals surface area contributed by atoms with Crippen LogP contribution in [0, 0.1) is 0 Å². The number of carbonyl (C=O) groups excluding carboxylic acids is 1. The molecule has 4 heteroatoms. The van der Waals surface area contributed by atoms with Crippen molar-refractivity contribution in [1.29, 1.82) is 0 Å². The Morgan fingerprint density at radius 2 is 2.00 bits per heavy atom. The Bertz CT molecular complexity index is 352. The first-order valence-corrected chi connectivity index (χ1v) is 6.33. The molecule has 0 saturated carbocycles. The summed E-state index contributed by atoms with van der Waals surface area (Å²) < 4.78 is 0. The highest BCUT2D eigenvalue weighted by atomic mass is 16.3. The molecule has 0 fully saturated rings. The van der Waals surface area contributed by atoms with E-state index in [1.54, 1.807) is 0 Å². The maximum Gasteiger partial charge on any atom is 0.238 e. The van der Waals surface area contributed by atoms with E-state index < -0.39 is 0 Å². The van der Waals surface area contributed by atoms with Gasteiger partial charge in [-0.05, 0) is 32.4 Å². The number of nitrogens with one attached hydrogen (secondary N) is 1. The van der Waals surface area contributed by atoms with E-state index in [0.717, 1.165) is 12.2 Å². The Kier molecular flexibility index (Phi) is 6.39. The van der Waals surface area contributed by atoms with Crippen LogP contribution in [0.15, 0.2) is 30.3 Å². The summed E-state index contributed by atoms with van der Waals surface area (Å²) >= 11 is 0. The molecule has 0 bridgehead atoms. The second-order valence-electron chi connectivity index (χ2n) is 4.56. The number of anilines is 1. The van der Waals surface area contributed by atoms with Crippen LogP contribution in [0.1, 0.15) is 20.3 Å². The van der Waals surface area contributed by atoms with Gasteiger partial charge < -0.3 is 10.4 Å². The molecular weight excluding hydrogens is 228 g/mol. The fourth-order valence-corrected chi connectivity index (χ4v) is 1.70. The molecular formula is C14H22N2O2. The Morgan fingerprint density at radius 1 is 1.33 bits per heavy atom. The van der Waals surface area contributed by atoms with Crippen molar-refractivity contribution in [2.24, 2.45) is 0 Å². The van der Waals surface area contributed by atoms with Gasteiger partial charge in [0.15, 0.2) is 0 Å². The molecule has 4 nitrogen and oxygen atoms in total. The van der Waals surface area contributed by atoms with E-state index in [4.69, 9.17) is 5.11 Å². The number of hydrogen-bond donors (Lipinski definition) is 2. The first-order chi connectivity index (χ1) is 8.63. The molecule has 0 unspecified atom stereocenters. The zero-order valence-corrected chi connectivity index (χ0v) is 11.1. The predicted octanol–water partition coefficient (Wildman–Crippen LogP) is 1.72. The highest BCUT2D eigenvalue weighted by Crippen LogP contribution is 2.06. The van der Waals surface area contributed by atoms with Gasteiger partial charge in [0.05, 0.1) is 6.54 Å². The number of benzene rings is 1. The molecule has 0 aliphatic carbocycles. The molecule has 100 valence electrons. The van der Waals surface area contributed by atoms with Gasteiger partial charge in [0.1, 0.15) is 0 Å². The summed E-state index contributed by atoms with van der Waals surface area (Å²) in [6.07, 6.45) is 0.691. The molecule has 2 N–H and O–H groups in total. The van der Waals surface area contributed by atoms with Crippen molar-refractivity contribution in [3.8, 4) is 0 Å². The minimum absolute atomic E-state index is 0.0205. The van der Waals surface area contributed by atoms with E-state index in [9.17, 15) is 4.79 Å². The van der Waals surface area contributed by atoms with Gasteiger partial charge in [0, 0.05) is 24.9 Å². The summed E-state index contributed by atoms with van der Waals surface area (Å²) in [5.41, 5.74) is 0.813. The minimum Gasteiger partial charge on any atom is -0.396 e. The molecule has 1 aromatic carbocycles. The molecule has 18 heavy (non-hydrogen) atoms. The largest absolute Gasteiger partial charge is 0.396 e. The number of hydrogen-bond acceptors (Lipinski definition) is 3. The maximum absolute atomic E-state index is 11.9. The Morgan fingerprint density at radius 3 is 2.56 bits per heavy atom. The van der Waals surface area contributed by atoms with Gasteiger partial charge in [0.25, 0.3) is 0 Å². The molecule has 0 aliphatic heterocycles. The first-order valence-electron chi connectivity index (χ1n) is 6.33. The lowest BCUT2D eigenvalue weighted by Crippen LogP contribution is -2.38. The lowest BCUT2D eigenvalue weighted by molar-refractivity contribution is -0.117. The zero-order valence-electron chi connectivity index (χ0n) is 11.1. The van der Waals surface area contributed by atoms with Crippen LogP contribution in [0.2, 0.25) is 0 Å². The summed E-state index contributed by atoms with van der Waals surface area (Å²) in [6.45, 7) is 5.34. The van der Waals surface area contributed by atoms with Gasteiger partial charge >= 0.3 is 0 Å². The molecule has 1 aromatic rings. The third kappa shape index (κ3) is 5.29. The summed E-state index contributed by atoms with van der Waals surface area (Å²) in [5.74, 6) is -0.0205. The number of para-hydroxylation sites is 1. The van der Waals surface area contributed by atoms with E-state index >= 15 is 0 Å². The topological polar surface area (TPSA) is 52.6 Å². The van der Waals surface area contributed by atoms with Crippen LogP contribution in [-0.2, 0) is 4.79 Å². The molecule has 0 radical (unpaired) electrons. The van der Waals surface area contributed by atoms with Crippen molar-refractivity contribution in [2.75, 3.05) is 25.0 Å².